The first-order chi connectivity index (χ1) is 11.9. The van der Waals surface area contributed by atoms with Gasteiger partial charge in [-0.05, 0) is 32.9 Å². The van der Waals surface area contributed by atoms with Gasteiger partial charge in [-0.25, -0.2) is 9.97 Å². The smallest absolute Gasteiger partial charge is 0.223 e. The molecule has 0 aliphatic heterocycles. The van der Waals surface area contributed by atoms with Crippen molar-refractivity contribution in [3.05, 3.63) is 47.1 Å². The lowest BCUT2D eigenvalue weighted by atomic mass is 9.96. The molecule has 1 heterocycles. The number of aromatic hydroxyl groups is 1. The van der Waals surface area contributed by atoms with Crippen LogP contribution in [0.25, 0.3) is 22.0 Å². The Bertz CT molecular complexity index is 970. The van der Waals surface area contributed by atoms with E-state index in [0.29, 0.717) is 33.0 Å². The summed E-state index contributed by atoms with van der Waals surface area (Å²) in [6.07, 6.45) is 1.64. The predicted octanol–water partition coefficient (Wildman–Crippen LogP) is 4.68. The fraction of sp³-hybridized carbons (Fsp3) is 0.211. The van der Waals surface area contributed by atoms with Gasteiger partial charge >= 0.3 is 0 Å². The van der Waals surface area contributed by atoms with Crippen LogP contribution in [0, 0.1) is 0 Å². The number of nitrogens with zero attached hydrogens (tertiary/aromatic N) is 2. The zero-order valence-corrected chi connectivity index (χ0v) is 14.9. The molecule has 0 amide bonds. The van der Waals surface area contributed by atoms with Crippen molar-refractivity contribution in [2.45, 2.75) is 26.8 Å². The average Bonchev–Trinajstić information content (AvgIpc) is 2.54. The number of phenolic OH excluding ortho intramolecular Hbond substituents is 1. The topological polar surface area (TPSA) is 75.1 Å². The molecule has 0 saturated carbocycles. The molecule has 25 heavy (non-hydrogen) atoms. The highest BCUT2D eigenvalue weighted by Gasteiger charge is 2.20. The summed E-state index contributed by atoms with van der Waals surface area (Å²) in [5.41, 5.74) is 1.72. The molecule has 0 fully saturated rings. The molecule has 0 unspecified atom stereocenters. The van der Waals surface area contributed by atoms with E-state index in [1.807, 2.05) is 26.0 Å². The third-order valence-electron chi connectivity index (χ3n) is 3.78. The molecule has 0 aliphatic rings. The number of aromatic nitrogens is 2. The number of Topliss-reactive ketones (excluding diaryl/α,β-unsaturated/α-hetero) is 1. The number of benzene rings is 2. The van der Waals surface area contributed by atoms with Crippen molar-refractivity contribution in [1.29, 1.82) is 0 Å². The van der Waals surface area contributed by atoms with Crippen LogP contribution in [0.2, 0.25) is 5.02 Å². The molecule has 0 bridgehead atoms. The summed E-state index contributed by atoms with van der Waals surface area (Å²) in [5.74, 6) is 0.0165. The second-order valence-electron chi connectivity index (χ2n) is 6.11. The van der Waals surface area contributed by atoms with Crippen molar-refractivity contribution in [3.63, 3.8) is 0 Å². The first kappa shape index (κ1) is 17.2. The SMILES string of the molecule is CC(=O)c1c(O)c(-c2ccccc2Cl)cc2cnc(NC(C)C)nc12. The lowest BCUT2D eigenvalue weighted by Gasteiger charge is -2.14. The molecule has 3 aromatic rings. The summed E-state index contributed by atoms with van der Waals surface area (Å²) < 4.78 is 0. The zero-order valence-electron chi connectivity index (χ0n) is 14.2. The molecule has 0 radical (unpaired) electrons. The number of ketones is 1. The van der Waals surface area contributed by atoms with Crippen LogP contribution in [-0.2, 0) is 0 Å². The summed E-state index contributed by atoms with van der Waals surface area (Å²) in [6, 6.07) is 9.06. The quantitative estimate of drug-likeness (QED) is 0.664. The minimum absolute atomic E-state index is 0.123. The monoisotopic (exact) mass is 355 g/mol. The second kappa shape index (κ2) is 6.69. The molecular formula is C19H18ClN3O2. The number of hydrogen-bond donors (Lipinski definition) is 2. The van der Waals surface area contributed by atoms with Crippen molar-refractivity contribution in [2.75, 3.05) is 5.32 Å². The fourth-order valence-corrected chi connectivity index (χ4v) is 2.95. The zero-order chi connectivity index (χ0) is 18.1. The number of halogens is 1. The van der Waals surface area contributed by atoms with Crippen molar-refractivity contribution in [3.8, 4) is 16.9 Å². The van der Waals surface area contributed by atoms with Crippen molar-refractivity contribution < 1.29 is 9.90 Å². The minimum atomic E-state index is -0.273. The molecule has 3 rings (SSSR count). The highest BCUT2D eigenvalue weighted by atomic mass is 35.5. The van der Waals surface area contributed by atoms with Gasteiger partial charge in [-0.3, -0.25) is 4.79 Å². The Balaban J connectivity index is 2.31. The number of phenols is 1. The summed E-state index contributed by atoms with van der Waals surface area (Å²) in [4.78, 5) is 20.9. The van der Waals surface area contributed by atoms with Crippen molar-refractivity contribution >= 4 is 34.2 Å². The van der Waals surface area contributed by atoms with Gasteiger partial charge in [-0.2, -0.15) is 0 Å². The number of rotatable bonds is 4. The fourth-order valence-electron chi connectivity index (χ4n) is 2.71. The second-order valence-corrected chi connectivity index (χ2v) is 6.52. The third-order valence-corrected chi connectivity index (χ3v) is 4.11. The van der Waals surface area contributed by atoms with Crippen LogP contribution < -0.4 is 5.32 Å². The van der Waals surface area contributed by atoms with Crippen LogP contribution in [0.15, 0.2) is 36.5 Å². The van der Waals surface area contributed by atoms with Crippen LogP contribution >= 0.6 is 11.6 Å². The Morgan fingerprint density at radius 1 is 1.24 bits per heavy atom. The Morgan fingerprint density at radius 2 is 1.96 bits per heavy atom. The van der Waals surface area contributed by atoms with Gasteiger partial charge < -0.3 is 10.4 Å². The average molecular weight is 356 g/mol. The van der Waals surface area contributed by atoms with Crippen molar-refractivity contribution in [1.82, 2.24) is 9.97 Å². The van der Waals surface area contributed by atoms with E-state index in [-0.39, 0.29) is 23.1 Å². The van der Waals surface area contributed by atoms with Gasteiger partial charge in [0.2, 0.25) is 5.95 Å². The third kappa shape index (κ3) is 3.28. The molecule has 0 atom stereocenters. The maximum absolute atomic E-state index is 12.2. The number of fused-ring (bicyclic) bond motifs is 1. The summed E-state index contributed by atoms with van der Waals surface area (Å²) in [5, 5.41) is 15.0. The van der Waals surface area contributed by atoms with E-state index < -0.39 is 0 Å². The lowest BCUT2D eigenvalue weighted by Crippen LogP contribution is -2.13. The first-order valence-electron chi connectivity index (χ1n) is 7.93. The molecule has 0 saturated heterocycles. The van der Waals surface area contributed by atoms with Gasteiger partial charge in [0, 0.05) is 33.8 Å². The van der Waals surface area contributed by atoms with E-state index in [1.54, 1.807) is 24.4 Å². The van der Waals surface area contributed by atoms with E-state index in [9.17, 15) is 9.90 Å². The van der Waals surface area contributed by atoms with Crippen LogP contribution in [0.4, 0.5) is 5.95 Å². The van der Waals surface area contributed by atoms with Gasteiger partial charge in [0.1, 0.15) is 5.75 Å². The Kier molecular flexibility index (Phi) is 4.59. The van der Waals surface area contributed by atoms with Gasteiger partial charge in [0.25, 0.3) is 0 Å². The van der Waals surface area contributed by atoms with Crippen molar-refractivity contribution in [2.24, 2.45) is 0 Å². The van der Waals surface area contributed by atoms with Crippen LogP contribution in [-0.4, -0.2) is 26.9 Å². The van der Waals surface area contributed by atoms with Crippen LogP contribution in [0.5, 0.6) is 5.75 Å². The molecule has 2 aromatic carbocycles. The van der Waals surface area contributed by atoms with E-state index in [2.05, 4.69) is 15.3 Å². The highest BCUT2D eigenvalue weighted by molar-refractivity contribution is 6.33. The number of nitrogens with one attached hydrogen (secondary N) is 1. The van der Waals surface area contributed by atoms with Gasteiger partial charge in [-0.15, -0.1) is 0 Å². The maximum Gasteiger partial charge on any atom is 0.223 e. The standard InChI is InChI=1S/C19H18ClN3O2/c1-10(2)22-19-21-9-12-8-14(13-6-4-5-7-15(13)20)18(25)16(11(3)24)17(12)23-19/h4-10,25H,1-3H3,(H,21,22,23). The van der Waals surface area contributed by atoms with Gasteiger partial charge in [-0.1, -0.05) is 29.8 Å². The minimum Gasteiger partial charge on any atom is -0.506 e. The lowest BCUT2D eigenvalue weighted by molar-refractivity contribution is 0.101. The molecule has 5 nitrogen and oxygen atoms in total. The molecule has 1 aromatic heterocycles. The summed E-state index contributed by atoms with van der Waals surface area (Å²) in [7, 11) is 0. The summed E-state index contributed by atoms with van der Waals surface area (Å²) in [6.45, 7) is 5.34. The number of hydrogen-bond acceptors (Lipinski definition) is 5. The maximum atomic E-state index is 12.2. The predicted molar refractivity (Wildman–Crippen MR) is 100 cm³/mol. The Hall–Kier alpha value is -2.66. The largest absolute Gasteiger partial charge is 0.506 e. The molecule has 128 valence electrons. The number of anilines is 1. The van der Waals surface area contributed by atoms with E-state index >= 15 is 0 Å². The molecule has 0 aliphatic carbocycles. The van der Waals surface area contributed by atoms with Gasteiger partial charge in [0.15, 0.2) is 5.78 Å². The first-order valence-corrected chi connectivity index (χ1v) is 8.31. The number of carbonyl (C=O) groups is 1. The number of carbonyl (C=O) groups excluding carboxylic acids is 1. The summed E-state index contributed by atoms with van der Waals surface area (Å²) >= 11 is 6.26. The van der Waals surface area contributed by atoms with E-state index in [4.69, 9.17) is 11.6 Å². The highest BCUT2D eigenvalue weighted by Crippen LogP contribution is 2.40. The molecule has 0 spiro atoms. The van der Waals surface area contributed by atoms with E-state index in [1.165, 1.54) is 6.92 Å². The van der Waals surface area contributed by atoms with Crippen LogP contribution in [0.3, 0.4) is 0 Å². The normalized spacial score (nSPS) is 11.1. The Morgan fingerprint density at radius 3 is 2.60 bits per heavy atom. The molecular weight excluding hydrogens is 338 g/mol. The van der Waals surface area contributed by atoms with Crippen LogP contribution in [0.1, 0.15) is 31.1 Å². The van der Waals surface area contributed by atoms with Gasteiger partial charge in [0.05, 0.1) is 11.1 Å². The van der Waals surface area contributed by atoms with E-state index in [0.717, 1.165) is 0 Å². The molecule has 2 N–H and O–H groups in total. The molecule has 6 heteroatoms. The Labute approximate surface area is 150 Å².